The normalized spacial score (nSPS) is 11.4. The molecule has 106 valence electrons. The Kier molecular flexibility index (Phi) is 3.53. The van der Waals surface area contributed by atoms with Crippen LogP contribution in [-0.4, -0.2) is 26.9 Å². The Hall–Kier alpha value is -2.30. The molecule has 5 nitrogen and oxygen atoms in total. The van der Waals surface area contributed by atoms with E-state index in [0.717, 1.165) is 22.5 Å². The highest BCUT2D eigenvalue weighted by Gasteiger charge is 2.29. The molecule has 0 unspecified atom stereocenters. The number of nitrogens with one attached hydrogen (secondary N) is 1. The van der Waals surface area contributed by atoms with Crippen molar-refractivity contribution >= 4 is 5.97 Å². The fraction of sp³-hybridized carbons (Fsp3) is 0.333. The third kappa shape index (κ3) is 2.66. The summed E-state index contributed by atoms with van der Waals surface area (Å²) in [5, 5.41) is 16.2. The number of aromatic amines is 1. The monoisotopic (exact) mass is 274 g/mol. The number of aliphatic carboxylic acids is 1. The van der Waals surface area contributed by atoms with E-state index < -0.39 is 11.6 Å². The number of hydrogen-bond acceptors (Lipinski definition) is 3. The molecule has 1 aromatic carbocycles. The maximum atomic E-state index is 11.0. The first-order chi connectivity index (χ1) is 9.31. The molecule has 1 heterocycles. The first kappa shape index (κ1) is 14.1. The molecule has 0 aliphatic heterocycles. The summed E-state index contributed by atoms with van der Waals surface area (Å²) in [5.74, 6) is -0.469. The van der Waals surface area contributed by atoms with E-state index in [0.29, 0.717) is 5.75 Å². The van der Waals surface area contributed by atoms with Crippen LogP contribution in [0.25, 0.3) is 11.1 Å². The summed E-state index contributed by atoms with van der Waals surface area (Å²) in [6, 6.07) is 7.34. The van der Waals surface area contributed by atoms with Crippen molar-refractivity contribution in [2.75, 3.05) is 0 Å². The van der Waals surface area contributed by atoms with Crippen LogP contribution in [-0.2, 0) is 4.79 Å². The second kappa shape index (κ2) is 5.00. The maximum Gasteiger partial charge on any atom is 0.347 e. The van der Waals surface area contributed by atoms with Gasteiger partial charge in [0.25, 0.3) is 0 Å². The SMILES string of the molecule is Cc1n[nH]c(C)c1-c1ccc(OC(C)(C)C(=O)O)cc1. The molecule has 0 spiro atoms. The van der Waals surface area contributed by atoms with Crippen molar-refractivity contribution in [2.24, 2.45) is 0 Å². The Morgan fingerprint density at radius 1 is 1.25 bits per heavy atom. The first-order valence-electron chi connectivity index (χ1n) is 6.35. The number of aromatic nitrogens is 2. The summed E-state index contributed by atoms with van der Waals surface area (Å²) in [5.41, 5.74) is 2.77. The summed E-state index contributed by atoms with van der Waals surface area (Å²) in [6.45, 7) is 6.95. The minimum Gasteiger partial charge on any atom is -0.478 e. The molecule has 1 aromatic heterocycles. The van der Waals surface area contributed by atoms with Gasteiger partial charge in [0, 0.05) is 11.3 Å². The quantitative estimate of drug-likeness (QED) is 0.898. The van der Waals surface area contributed by atoms with Crippen molar-refractivity contribution in [3.05, 3.63) is 35.7 Å². The van der Waals surface area contributed by atoms with Crippen molar-refractivity contribution in [3.63, 3.8) is 0 Å². The first-order valence-corrected chi connectivity index (χ1v) is 6.35. The predicted octanol–water partition coefficient (Wildman–Crippen LogP) is 2.94. The van der Waals surface area contributed by atoms with Crippen LogP contribution in [0.15, 0.2) is 24.3 Å². The van der Waals surface area contributed by atoms with Crippen LogP contribution < -0.4 is 4.74 Å². The molecule has 2 rings (SSSR count). The Balaban J connectivity index is 2.26. The average molecular weight is 274 g/mol. The Labute approximate surface area is 117 Å². The molecule has 2 aromatic rings. The molecule has 0 aliphatic rings. The number of aryl methyl sites for hydroxylation is 2. The lowest BCUT2D eigenvalue weighted by Crippen LogP contribution is -2.37. The second-order valence-corrected chi connectivity index (χ2v) is 5.25. The number of rotatable bonds is 4. The summed E-state index contributed by atoms with van der Waals surface area (Å²) in [4.78, 5) is 11.0. The number of nitrogens with zero attached hydrogens (tertiary/aromatic N) is 1. The molecule has 0 radical (unpaired) electrons. The summed E-state index contributed by atoms with van der Waals surface area (Å²) in [7, 11) is 0. The van der Waals surface area contributed by atoms with Crippen LogP contribution in [0.1, 0.15) is 25.2 Å². The molecule has 0 saturated carbocycles. The van der Waals surface area contributed by atoms with E-state index >= 15 is 0 Å². The highest BCUT2D eigenvalue weighted by Crippen LogP contribution is 2.28. The molecule has 0 saturated heterocycles. The van der Waals surface area contributed by atoms with E-state index in [1.807, 2.05) is 26.0 Å². The summed E-state index contributed by atoms with van der Waals surface area (Å²) >= 11 is 0. The molecule has 0 aliphatic carbocycles. The van der Waals surface area contributed by atoms with Gasteiger partial charge >= 0.3 is 5.97 Å². The van der Waals surface area contributed by atoms with Gasteiger partial charge < -0.3 is 9.84 Å². The van der Waals surface area contributed by atoms with Gasteiger partial charge in [0.05, 0.1) is 5.69 Å². The Morgan fingerprint density at radius 3 is 2.30 bits per heavy atom. The van der Waals surface area contributed by atoms with Gasteiger partial charge in [-0.1, -0.05) is 12.1 Å². The Bertz CT molecular complexity index is 608. The fourth-order valence-corrected chi connectivity index (χ4v) is 2.00. The highest BCUT2D eigenvalue weighted by atomic mass is 16.5. The molecule has 20 heavy (non-hydrogen) atoms. The van der Waals surface area contributed by atoms with Crippen molar-refractivity contribution < 1.29 is 14.6 Å². The zero-order valence-corrected chi connectivity index (χ0v) is 12.0. The largest absolute Gasteiger partial charge is 0.478 e. The molecular formula is C15H18N2O3. The van der Waals surface area contributed by atoms with Crippen LogP contribution in [0, 0.1) is 13.8 Å². The molecule has 0 bridgehead atoms. The smallest absolute Gasteiger partial charge is 0.347 e. The van der Waals surface area contributed by atoms with Crippen molar-refractivity contribution in [1.29, 1.82) is 0 Å². The van der Waals surface area contributed by atoms with Crippen LogP contribution in [0.3, 0.4) is 0 Å². The van der Waals surface area contributed by atoms with Gasteiger partial charge in [-0.15, -0.1) is 0 Å². The average Bonchev–Trinajstić information content (AvgIpc) is 2.70. The van der Waals surface area contributed by atoms with Crippen LogP contribution in [0.4, 0.5) is 0 Å². The molecule has 0 atom stereocenters. The fourth-order valence-electron chi connectivity index (χ4n) is 2.00. The lowest BCUT2D eigenvalue weighted by atomic mass is 10.0. The van der Waals surface area contributed by atoms with Crippen molar-refractivity contribution in [2.45, 2.75) is 33.3 Å². The van der Waals surface area contributed by atoms with E-state index in [-0.39, 0.29) is 0 Å². The van der Waals surface area contributed by atoms with Gasteiger partial charge in [0.2, 0.25) is 0 Å². The zero-order chi connectivity index (χ0) is 14.9. The third-order valence-electron chi connectivity index (χ3n) is 3.16. The number of hydrogen-bond donors (Lipinski definition) is 2. The Morgan fingerprint density at radius 2 is 1.85 bits per heavy atom. The van der Waals surface area contributed by atoms with Crippen molar-refractivity contribution in [3.8, 4) is 16.9 Å². The number of carbonyl (C=O) groups is 1. The molecule has 0 amide bonds. The van der Waals surface area contributed by atoms with Gasteiger partial charge in [-0.05, 0) is 45.4 Å². The number of H-pyrrole nitrogens is 1. The summed E-state index contributed by atoms with van der Waals surface area (Å²) < 4.78 is 5.47. The van der Waals surface area contributed by atoms with Crippen molar-refractivity contribution in [1.82, 2.24) is 10.2 Å². The van der Waals surface area contributed by atoms with Crippen LogP contribution in [0.2, 0.25) is 0 Å². The van der Waals surface area contributed by atoms with E-state index in [2.05, 4.69) is 10.2 Å². The molecule has 5 heteroatoms. The molecule has 0 fully saturated rings. The van der Waals surface area contributed by atoms with E-state index in [1.54, 1.807) is 12.1 Å². The van der Waals surface area contributed by atoms with Gasteiger partial charge in [-0.2, -0.15) is 5.10 Å². The predicted molar refractivity (Wildman–Crippen MR) is 75.8 cm³/mol. The summed E-state index contributed by atoms with van der Waals surface area (Å²) in [6.07, 6.45) is 0. The van der Waals surface area contributed by atoms with Gasteiger partial charge in [-0.3, -0.25) is 5.10 Å². The topological polar surface area (TPSA) is 75.2 Å². The second-order valence-electron chi connectivity index (χ2n) is 5.25. The standard InChI is InChI=1S/C15H18N2O3/c1-9-13(10(2)17-16-9)11-5-7-12(8-6-11)20-15(3,4)14(18)19/h5-8H,1-4H3,(H,16,17)(H,18,19). The zero-order valence-electron chi connectivity index (χ0n) is 12.0. The van der Waals surface area contributed by atoms with E-state index in [9.17, 15) is 4.79 Å². The highest BCUT2D eigenvalue weighted by molar-refractivity contribution is 5.77. The van der Waals surface area contributed by atoms with Gasteiger partial charge in [-0.25, -0.2) is 4.79 Å². The van der Waals surface area contributed by atoms with Gasteiger partial charge in [0.15, 0.2) is 5.60 Å². The number of carboxylic acid groups (broad SMARTS) is 1. The number of ether oxygens (including phenoxy) is 1. The number of carboxylic acids is 1. The minimum absolute atomic E-state index is 0.528. The van der Waals surface area contributed by atoms with Crippen LogP contribution >= 0.6 is 0 Å². The molecular weight excluding hydrogens is 256 g/mol. The lowest BCUT2D eigenvalue weighted by molar-refractivity contribution is -0.152. The minimum atomic E-state index is -1.25. The van der Waals surface area contributed by atoms with Crippen LogP contribution in [0.5, 0.6) is 5.75 Å². The third-order valence-corrected chi connectivity index (χ3v) is 3.16. The van der Waals surface area contributed by atoms with E-state index in [1.165, 1.54) is 13.8 Å². The van der Waals surface area contributed by atoms with Gasteiger partial charge in [0.1, 0.15) is 5.75 Å². The maximum absolute atomic E-state index is 11.0. The lowest BCUT2D eigenvalue weighted by Gasteiger charge is -2.21. The van der Waals surface area contributed by atoms with E-state index in [4.69, 9.17) is 9.84 Å². The number of benzene rings is 1. The molecule has 2 N–H and O–H groups in total.